The van der Waals surface area contributed by atoms with Crippen LogP contribution in [0.3, 0.4) is 0 Å². The first kappa shape index (κ1) is 17.2. The van der Waals surface area contributed by atoms with Gasteiger partial charge >= 0.3 is 11.6 Å². The lowest BCUT2D eigenvalue weighted by Gasteiger charge is -2.09. The lowest BCUT2D eigenvalue weighted by Crippen LogP contribution is -2.07. The quantitative estimate of drug-likeness (QED) is 0.273. The van der Waals surface area contributed by atoms with Crippen molar-refractivity contribution in [3.05, 3.63) is 79.8 Å². The molecule has 0 spiro atoms. The van der Waals surface area contributed by atoms with Crippen LogP contribution in [0.4, 0.5) is 0 Å². The molecule has 1 aliphatic carbocycles. The second-order valence-corrected chi connectivity index (χ2v) is 8.23. The Balaban J connectivity index is 1.49. The molecule has 4 nitrogen and oxygen atoms in total. The van der Waals surface area contributed by atoms with Gasteiger partial charge in [0, 0.05) is 21.9 Å². The van der Waals surface area contributed by atoms with Crippen molar-refractivity contribution in [2.75, 3.05) is 0 Å². The van der Waals surface area contributed by atoms with Gasteiger partial charge in [0.25, 0.3) is 0 Å². The first-order chi connectivity index (χ1) is 13.7. The van der Waals surface area contributed by atoms with Crippen molar-refractivity contribution in [2.24, 2.45) is 0 Å². The van der Waals surface area contributed by atoms with E-state index < -0.39 is 5.63 Å². The average Bonchev–Trinajstić information content (AvgIpc) is 3.15. The number of esters is 1. The molecule has 2 heterocycles. The van der Waals surface area contributed by atoms with E-state index in [4.69, 9.17) is 9.15 Å². The fourth-order valence-electron chi connectivity index (χ4n) is 3.94. The standard InChI is InChI=1S/C23H18O4S/c24-21-12-16(22-17-7-3-1-5-14(17)9-10-18(22)27-21)13-26-23(25)20-11-15-6-2-4-8-19(15)28-20/h1,3,5,7,9-12H,2,4,6,8,13H2. The molecule has 140 valence electrons. The smallest absolute Gasteiger partial charge is 0.348 e. The third-order valence-electron chi connectivity index (χ3n) is 5.27. The van der Waals surface area contributed by atoms with E-state index >= 15 is 0 Å². The molecule has 4 aromatic rings. The molecular formula is C23H18O4S. The maximum absolute atomic E-state index is 12.6. The van der Waals surface area contributed by atoms with Crippen LogP contribution in [0.5, 0.6) is 0 Å². The van der Waals surface area contributed by atoms with E-state index in [2.05, 4.69) is 0 Å². The van der Waals surface area contributed by atoms with Crippen molar-refractivity contribution in [2.45, 2.75) is 32.3 Å². The van der Waals surface area contributed by atoms with Gasteiger partial charge < -0.3 is 9.15 Å². The first-order valence-corrected chi connectivity index (χ1v) is 10.2. The molecule has 1 aliphatic rings. The van der Waals surface area contributed by atoms with E-state index in [0.29, 0.717) is 16.0 Å². The minimum Gasteiger partial charge on any atom is -0.457 e. The summed E-state index contributed by atoms with van der Waals surface area (Å²) in [6, 6.07) is 15.0. The molecule has 5 rings (SSSR count). The van der Waals surface area contributed by atoms with E-state index in [0.717, 1.165) is 29.0 Å². The highest BCUT2D eigenvalue weighted by Crippen LogP contribution is 2.31. The van der Waals surface area contributed by atoms with E-state index in [1.165, 1.54) is 40.7 Å². The number of benzene rings is 2. The topological polar surface area (TPSA) is 56.5 Å². The highest BCUT2D eigenvalue weighted by molar-refractivity contribution is 7.14. The zero-order valence-electron chi connectivity index (χ0n) is 15.2. The van der Waals surface area contributed by atoms with Crippen LogP contribution in [0, 0.1) is 0 Å². The van der Waals surface area contributed by atoms with Crippen LogP contribution >= 0.6 is 11.3 Å². The first-order valence-electron chi connectivity index (χ1n) is 9.42. The lowest BCUT2D eigenvalue weighted by molar-refractivity contribution is 0.0479. The Labute approximate surface area is 165 Å². The van der Waals surface area contributed by atoms with Crippen molar-refractivity contribution in [1.29, 1.82) is 0 Å². The summed E-state index contributed by atoms with van der Waals surface area (Å²) in [4.78, 5) is 26.5. The molecule has 2 aromatic heterocycles. The van der Waals surface area contributed by atoms with Crippen LogP contribution in [0.25, 0.3) is 21.7 Å². The third kappa shape index (κ3) is 3.02. The molecule has 0 fully saturated rings. The number of aryl methyl sites for hydroxylation is 2. The predicted octanol–water partition coefficient (Wildman–Crippen LogP) is 5.24. The Kier molecular flexibility index (Phi) is 4.24. The number of hydrogen-bond donors (Lipinski definition) is 0. The zero-order valence-corrected chi connectivity index (χ0v) is 16.0. The fraction of sp³-hybridized carbons (Fsp3) is 0.217. The average molecular weight is 390 g/mol. The van der Waals surface area contributed by atoms with Crippen molar-refractivity contribution in [1.82, 2.24) is 0 Å². The minimum atomic E-state index is -0.444. The van der Waals surface area contributed by atoms with Gasteiger partial charge in [-0.2, -0.15) is 0 Å². The van der Waals surface area contributed by atoms with Crippen molar-refractivity contribution >= 4 is 39.0 Å². The number of rotatable bonds is 3. The van der Waals surface area contributed by atoms with Gasteiger partial charge in [-0.25, -0.2) is 9.59 Å². The molecule has 5 heteroatoms. The summed E-state index contributed by atoms with van der Waals surface area (Å²) in [5, 5.41) is 2.83. The summed E-state index contributed by atoms with van der Waals surface area (Å²) in [7, 11) is 0. The second kappa shape index (κ2) is 6.91. The van der Waals surface area contributed by atoms with Gasteiger partial charge in [0.2, 0.25) is 0 Å². The summed E-state index contributed by atoms with van der Waals surface area (Å²) < 4.78 is 11.0. The third-order valence-corrected chi connectivity index (χ3v) is 6.49. The number of thiophene rings is 1. The van der Waals surface area contributed by atoms with Gasteiger partial charge in [0.1, 0.15) is 17.1 Å². The summed E-state index contributed by atoms with van der Waals surface area (Å²) in [6.45, 7) is 0.0392. The van der Waals surface area contributed by atoms with Gasteiger partial charge in [-0.1, -0.05) is 30.3 Å². The van der Waals surface area contributed by atoms with E-state index in [1.54, 1.807) is 6.07 Å². The fourth-order valence-corrected chi connectivity index (χ4v) is 5.09. The molecule has 0 bridgehead atoms. The largest absolute Gasteiger partial charge is 0.457 e. The van der Waals surface area contributed by atoms with Gasteiger partial charge in [-0.05, 0) is 54.2 Å². The predicted molar refractivity (Wildman–Crippen MR) is 110 cm³/mol. The van der Waals surface area contributed by atoms with Crippen molar-refractivity contribution in [3.63, 3.8) is 0 Å². The molecular weight excluding hydrogens is 372 g/mol. The normalized spacial score (nSPS) is 13.6. The molecule has 0 amide bonds. The number of carbonyl (C=O) groups excluding carboxylic acids is 1. The van der Waals surface area contributed by atoms with Gasteiger partial charge in [-0.3, -0.25) is 0 Å². The summed E-state index contributed by atoms with van der Waals surface area (Å²) in [5.74, 6) is -0.332. The highest BCUT2D eigenvalue weighted by Gasteiger charge is 2.19. The molecule has 0 saturated carbocycles. The molecule has 0 radical (unpaired) electrons. The van der Waals surface area contributed by atoms with Crippen LogP contribution in [0.1, 0.15) is 38.5 Å². The molecule has 0 aliphatic heterocycles. The Morgan fingerprint density at radius 2 is 1.93 bits per heavy atom. The van der Waals surface area contributed by atoms with Crippen LogP contribution in [-0.2, 0) is 24.2 Å². The van der Waals surface area contributed by atoms with Crippen molar-refractivity contribution < 1.29 is 13.9 Å². The van der Waals surface area contributed by atoms with Crippen molar-refractivity contribution in [3.8, 4) is 0 Å². The molecule has 0 N–H and O–H groups in total. The number of ether oxygens (including phenoxy) is 1. The minimum absolute atomic E-state index is 0.0392. The lowest BCUT2D eigenvalue weighted by atomic mass is 9.99. The van der Waals surface area contributed by atoms with Crippen LogP contribution in [0.15, 0.2) is 57.7 Å². The Morgan fingerprint density at radius 1 is 1.07 bits per heavy atom. The Bertz CT molecular complexity index is 1240. The highest BCUT2D eigenvalue weighted by atomic mass is 32.1. The maximum atomic E-state index is 12.6. The molecule has 0 unspecified atom stereocenters. The maximum Gasteiger partial charge on any atom is 0.348 e. The van der Waals surface area contributed by atoms with E-state index in [1.807, 2.05) is 36.4 Å². The van der Waals surface area contributed by atoms with Crippen LogP contribution in [-0.4, -0.2) is 5.97 Å². The van der Waals surface area contributed by atoms with Gasteiger partial charge in [0.15, 0.2) is 0 Å². The number of carbonyl (C=O) groups is 1. The molecule has 0 atom stereocenters. The molecule has 2 aromatic carbocycles. The number of hydrogen-bond acceptors (Lipinski definition) is 5. The summed E-state index contributed by atoms with van der Waals surface area (Å²) in [6.07, 6.45) is 4.44. The molecule has 28 heavy (non-hydrogen) atoms. The Hall–Kier alpha value is -2.92. The monoisotopic (exact) mass is 390 g/mol. The van der Waals surface area contributed by atoms with Gasteiger partial charge in [0.05, 0.1) is 0 Å². The summed E-state index contributed by atoms with van der Waals surface area (Å²) >= 11 is 1.53. The van der Waals surface area contributed by atoms with Gasteiger partial charge in [-0.15, -0.1) is 11.3 Å². The Morgan fingerprint density at radius 3 is 2.82 bits per heavy atom. The zero-order chi connectivity index (χ0) is 19.1. The summed E-state index contributed by atoms with van der Waals surface area (Å²) in [5.41, 5.74) is 2.00. The van der Waals surface area contributed by atoms with Crippen LogP contribution in [0.2, 0.25) is 0 Å². The SMILES string of the molecule is O=C(OCc1cc(=O)oc2ccc3ccccc3c12)c1cc2c(s1)CCCC2. The van der Waals surface area contributed by atoms with Crippen LogP contribution < -0.4 is 5.63 Å². The van der Waals surface area contributed by atoms with E-state index in [9.17, 15) is 9.59 Å². The number of fused-ring (bicyclic) bond motifs is 4. The molecule has 0 saturated heterocycles. The second-order valence-electron chi connectivity index (χ2n) is 7.09. The van der Waals surface area contributed by atoms with E-state index in [-0.39, 0.29) is 12.6 Å².